The van der Waals surface area contributed by atoms with Gasteiger partial charge in [0.2, 0.25) is 5.91 Å². The lowest BCUT2D eigenvalue weighted by Gasteiger charge is -2.09. The number of halogens is 1. The van der Waals surface area contributed by atoms with Gasteiger partial charge in [-0.3, -0.25) is 4.79 Å². The van der Waals surface area contributed by atoms with Crippen LogP contribution in [0.1, 0.15) is 17.5 Å². The molecule has 1 amide bonds. The fourth-order valence-corrected chi connectivity index (χ4v) is 3.12. The first-order chi connectivity index (χ1) is 11.0. The summed E-state index contributed by atoms with van der Waals surface area (Å²) in [6.45, 7) is 3.64. The van der Waals surface area contributed by atoms with Gasteiger partial charge in [0.05, 0.1) is 4.70 Å². The summed E-state index contributed by atoms with van der Waals surface area (Å²) in [7, 11) is 0. The van der Waals surface area contributed by atoms with Gasteiger partial charge in [0.15, 0.2) is 0 Å². The maximum atomic E-state index is 13.6. The summed E-state index contributed by atoms with van der Waals surface area (Å²) in [5.74, 6) is 0.245. The number of ether oxygens (including phenoxy) is 1. The number of aromatic nitrogens is 1. The first kappa shape index (κ1) is 15.4. The molecule has 3 aromatic rings. The van der Waals surface area contributed by atoms with Crippen LogP contribution in [0.25, 0.3) is 10.2 Å². The quantitative estimate of drug-likeness (QED) is 0.777. The highest BCUT2D eigenvalue weighted by molar-refractivity contribution is 7.18. The van der Waals surface area contributed by atoms with Crippen molar-refractivity contribution in [3.63, 3.8) is 0 Å². The molecule has 0 aliphatic carbocycles. The number of thiazole rings is 1. The summed E-state index contributed by atoms with van der Waals surface area (Å²) >= 11 is 1.41. The number of hydrogen-bond acceptors (Lipinski definition) is 4. The van der Waals surface area contributed by atoms with Crippen LogP contribution >= 0.6 is 11.3 Å². The van der Waals surface area contributed by atoms with Crippen LogP contribution in [0.5, 0.6) is 5.75 Å². The molecular weight excluding hydrogens is 315 g/mol. The molecule has 4 nitrogen and oxygen atoms in total. The van der Waals surface area contributed by atoms with Gasteiger partial charge in [0.25, 0.3) is 0 Å². The Morgan fingerprint density at radius 3 is 2.87 bits per heavy atom. The summed E-state index contributed by atoms with van der Waals surface area (Å²) in [6.07, 6.45) is 0. The molecule has 3 rings (SSSR count). The van der Waals surface area contributed by atoms with E-state index in [0.29, 0.717) is 16.3 Å². The van der Waals surface area contributed by atoms with Crippen molar-refractivity contribution in [1.29, 1.82) is 0 Å². The van der Waals surface area contributed by atoms with E-state index in [1.165, 1.54) is 24.3 Å². The molecule has 0 unspecified atom stereocenters. The van der Waals surface area contributed by atoms with Crippen LogP contribution in [-0.4, -0.2) is 10.9 Å². The normalized spacial score (nSPS) is 10.7. The Labute approximate surface area is 136 Å². The van der Waals surface area contributed by atoms with E-state index in [2.05, 4.69) is 10.3 Å². The lowest BCUT2D eigenvalue weighted by Crippen LogP contribution is -2.07. The molecule has 2 aromatic carbocycles. The highest BCUT2D eigenvalue weighted by Gasteiger charge is 2.09. The van der Waals surface area contributed by atoms with Gasteiger partial charge < -0.3 is 10.1 Å². The topological polar surface area (TPSA) is 51.2 Å². The van der Waals surface area contributed by atoms with Crippen molar-refractivity contribution in [2.75, 3.05) is 5.32 Å². The van der Waals surface area contributed by atoms with E-state index in [0.717, 1.165) is 16.0 Å². The first-order valence-electron chi connectivity index (χ1n) is 7.08. The van der Waals surface area contributed by atoms with E-state index in [1.54, 1.807) is 18.2 Å². The average molecular weight is 330 g/mol. The Morgan fingerprint density at radius 1 is 1.35 bits per heavy atom. The zero-order valence-electron chi connectivity index (χ0n) is 12.7. The molecule has 0 aliphatic rings. The standard InChI is InChI=1S/C17H15FN2O2S/c1-10-8-12(6-7-14(10)19-11(2)21)22-9-16-20-17-13(18)4-3-5-15(17)23-16/h3-8H,9H2,1-2H3,(H,19,21). The van der Waals surface area contributed by atoms with Crippen LogP contribution in [0.15, 0.2) is 36.4 Å². The van der Waals surface area contributed by atoms with Gasteiger partial charge in [-0.25, -0.2) is 9.37 Å². The molecule has 1 N–H and O–H groups in total. The predicted molar refractivity (Wildman–Crippen MR) is 89.4 cm³/mol. The maximum absolute atomic E-state index is 13.6. The van der Waals surface area contributed by atoms with Crippen molar-refractivity contribution >= 4 is 33.1 Å². The number of carbonyl (C=O) groups is 1. The molecule has 1 heterocycles. The van der Waals surface area contributed by atoms with E-state index in [9.17, 15) is 9.18 Å². The van der Waals surface area contributed by atoms with Gasteiger partial charge in [-0.05, 0) is 42.8 Å². The lowest BCUT2D eigenvalue weighted by atomic mass is 10.2. The molecule has 0 aliphatic heterocycles. The number of carbonyl (C=O) groups excluding carboxylic acids is 1. The number of aryl methyl sites for hydroxylation is 1. The summed E-state index contributed by atoms with van der Waals surface area (Å²) in [5, 5.41) is 3.47. The van der Waals surface area contributed by atoms with Gasteiger partial charge in [-0.2, -0.15) is 0 Å². The van der Waals surface area contributed by atoms with E-state index in [4.69, 9.17) is 4.74 Å². The summed E-state index contributed by atoms with van der Waals surface area (Å²) in [4.78, 5) is 15.4. The van der Waals surface area contributed by atoms with Crippen molar-refractivity contribution in [2.24, 2.45) is 0 Å². The molecular formula is C17H15FN2O2S. The van der Waals surface area contributed by atoms with Crippen molar-refractivity contribution < 1.29 is 13.9 Å². The minimum atomic E-state index is -0.319. The van der Waals surface area contributed by atoms with Gasteiger partial charge in [-0.15, -0.1) is 11.3 Å². The summed E-state index contributed by atoms with van der Waals surface area (Å²) in [6, 6.07) is 10.3. The number of nitrogens with one attached hydrogen (secondary N) is 1. The molecule has 6 heteroatoms. The molecule has 118 valence electrons. The van der Waals surface area contributed by atoms with E-state index >= 15 is 0 Å². The van der Waals surface area contributed by atoms with Crippen molar-refractivity contribution in [3.8, 4) is 5.75 Å². The highest BCUT2D eigenvalue weighted by atomic mass is 32.1. The largest absolute Gasteiger partial charge is 0.486 e. The van der Waals surface area contributed by atoms with Gasteiger partial charge in [0, 0.05) is 12.6 Å². The molecule has 0 fully saturated rings. The number of rotatable bonds is 4. The van der Waals surface area contributed by atoms with E-state index in [-0.39, 0.29) is 18.3 Å². The second kappa shape index (κ2) is 6.34. The van der Waals surface area contributed by atoms with Crippen LogP contribution in [0, 0.1) is 12.7 Å². The molecule has 0 saturated carbocycles. The number of anilines is 1. The Kier molecular flexibility index (Phi) is 4.25. The molecule has 1 aromatic heterocycles. The molecule has 0 spiro atoms. The third kappa shape index (κ3) is 3.48. The number of fused-ring (bicyclic) bond motifs is 1. The Morgan fingerprint density at radius 2 is 2.17 bits per heavy atom. The van der Waals surface area contributed by atoms with Crippen LogP contribution in [0.2, 0.25) is 0 Å². The van der Waals surface area contributed by atoms with Crippen LogP contribution in [0.4, 0.5) is 10.1 Å². The second-order valence-electron chi connectivity index (χ2n) is 5.14. The van der Waals surface area contributed by atoms with Gasteiger partial charge in [-0.1, -0.05) is 6.07 Å². The lowest BCUT2D eigenvalue weighted by molar-refractivity contribution is -0.114. The zero-order valence-corrected chi connectivity index (χ0v) is 13.5. The fraction of sp³-hybridized carbons (Fsp3) is 0.176. The van der Waals surface area contributed by atoms with Gasteiger partial charge in [0.1, 0.15) is 28.7 Å². The monoisotopic (exact) mass is 330 g/mol. The Bertz CT molecular complexity index is 876. The molecule has 0 bridgehead atoms. The number of amides is 1. The Balaban J connectivity index is 1.73. The SMILES string of the molecule is CC(=O)Nc1ccc(OCc2nc3c(F)cccc3s2)cc1C. The zero-order chi connectivity index (χ0) is 16.4. The smallest absolute Gasteiger partial charge is 0.221 e. The Hall–Kier alpha value is -2.47. The number of hydrogen-bond donors (Lipinski definition) is 1. The summed E-state index contributed by atoms with van der Waals surface area (Å²) < 4.78 is 20.2. The predicted octanol–water partition coefficient (Wildman–Crippen LogP) is 4.28. The van der Waals surface area contributed by atoms with E-state index < -0.39 is 0 Å². The highest BCUT2D eigenvalue weighted by Crippen LogP contribution is 2.26. The summed E-state index contributed by atoms with van der Waals surface area (Å²) in [5.41, 5.74) is 2.05. The first-order valence-corrected chi connectivity index (χ1v) is 7.89. The number of para-hydroxylation sites is 1. The van der Waals surface area contributed by atoms with Crippen molar-refractivity contribution in [1.82, 2.24) is 4.98 Å². The van der Waals surface area contributed by atoms with E-state index in [1.807, 2.05) is 19.1 Å². The van der Waals surface area contributed by atoms with Crippen LogP contribution in [-0.2, 0) is 11.4 Å². The van der Waals surface area contributed by atoms with Crippen molar-refractivity contribution in [3.05, 3.63) is 52.8 Å². The molecule has 23 heavy (non-hydrogen) atoms. The number of benzene rings is 2. The average Bonchev–Trinajstić information content (AvgIpc) is 2.92. The third-order valence-electron chi connectivity index (χ3n) is 3.28. The van der Waals surface area contributed by atoms with Crippen molar-refractivity contribution in [2.45, 2.75) is 20.5 Å². The molecule has 0 saturated heterocycles. The maximum Gasteiger partial charge on any atom is 0.221 e. The number of nitrogens with zero attached hydrogens (tertiary/aromatic N) is 1. The molecule has 0 atom stereocenters. The van der Waals surface area contributed by atoms with Crippen LogP contribution < -0.4 is 10.1 Å². The molecule has 0 radical (unpaired) electrons. The minimum absolute atomic E-state index is 0.113. The fourth-order valence-electron chi connectivity index (χ4n) is 2.22. The van der Waals surface area contributed by atoms with Gasteiger partial charge >= 0.3 is 0 Å². The third-order valence-corrected chi connectivity index (χ3v) is 4.28. The minimum Gasteiger partial charge on any atom is -0.486 e. The van der Waals surface area contributed by atoms with Crippen LogP contribution in [0.3, 0.4) is 0 Å². The second-order valence-corrected chi connectivity index (χ2v) is 6.26.